The van der Waals surface area contributed by atoms with E-state index < -0.39 is 0 Å². The van der Waals surface area contributed by atoms with Crippen LogP contribution in [0.3, 0.4) is 0 Å². The molecule has 0 unspecified atom stereocenters. The maximum Gasteiger partial charge on any atom is 0.0323 e. The third kappa shape index (κ3) is 2.17. The number of hydrogen-bond acceptors (Lipinski definition) is 1. The number of fused-ring (bicyclic) bond motifs is 1. The van der Waals surface area contributed by atoms with Crippen LogP contribution >= 0.6 is 0 Å². The van der Waals surface area contributed by atoms with Crippen molar-refractivity contribution in [2.75, 3.05) is 5.73 Å². The van der Waals surface area contributed by atoms with Gasteiger partial charge < -0.3 is 5.73 Å². The summed E-state index contributed by atoms with van der Waals surface area (Å²) in [5, 5.41) is 2.24. The number of anilines is 1. The van der Waals surface area contributed by atoms with Gasteiger partial charge in [-0.05, 0) is 36.1 Å². The quantitative estimate of drug-likeness (QED) is 0.521. The lowest BCUT2D eigenvalue weighted by molar-refractivity contribution is 1.50. The largest absolute Gasteiger partial charge is 0.399 e. The van der Waals surface area contributed by atoms with E-state index in [-0.39, 0.29) is 0 Å². The van der Waals surface area contributed by atoms with Crippen molar-refractivity contribution in [3.05, 3.63) is 41.5 Å². The lowest BCUT2D eigenvalue weighted by atomic mass is 10.00. The fraction of sp³-hybridized carbons (Fsp3) is 0.200. The van der Waals surface area contributed by atoms with E-state index in [1.807, 2.05) is 51.1 Å². The molecule has 2 rings (SSSR count). The minimum absolute atomic E-state index is 0.782. The molecule has 2 aromatic rings. The molecule has 2 N–H and O–H groups in total. The van der Waals surface area contributed by atoms with Gasteiger partial charge in [0.25, 0.3) is 0 Å². The molecule has 0 saturated heterocycles. The highest BCUT2D eigenvalue weighted by Gasteiger charge is 2.02. The number of aryl methyl sites for hydroxylation is 1. The maximum absolute atomic E-state index is 5.76. The SMILES string of the molecule is C#Cc1cccc2cc(N)cc(C)c12.CC. The number of nitrogens with two attached hydrogens (primary N) is 1. The minimum Gasteiger partial charge on any atom is -0.399 e. The Balaban J connectivity index is 0.000000606. The van der Waals surface area contributed by atoms with Gasteiger partial charge >= 0.3 is 0 Å². The second kappa shape index (κ2) is 5.23. The Morgan fingerprint density at radius 1 is 1.19 bits per heavy atom. The van der Waals surface area contributed by atoms with Crippen molar-refractivity contribution in [3.63, 3.8) is 0 Å². The van der Waals surface area contributed by atoms with Gasteiger partial charge in [-0.2, -0.15) is 0 Å². The van der Waals surface area contributed by atoms with Crippen LogP contribution in [0.5, 0.6) is 0 Å². The van der Waals surface area contributed by atoms with E-state index in [0.29, 0.717) is 0 Å². The zero-order valence-corrected chi connectivity index (χ0v) is 10.0. The molecule has 0 radical (unpaired) electrons. The Bertz CT molecular complexity index is 533. The zero-order chi connectivity index (χ0) is 12.1. The molecule has 1 nitrogen and oxygen atoms in total. The molecule has 16 heavy (non-hydrogen) atoms. The monoisotopic (exact) mass is 211 g/mol. The molecule has 0 aliphatic heterocycles. The van der Waals surface area contributed by atoms with Gasteiger partial charge in [0.2, 0.25) is 0 Å². The average molecular weight is 211 g/mol. The van der Waals surface area contributed by atoms with Crippen molar-refractivity contribution in [1.82, 2.24) is 0 Å². The lowest BCUT2D eigenvalue weighted by Gasteiger charge is -2.06. The van der Waals surface area contributed by atoms with Gasteiger partial charge in [0.05, 0.1) is 0 Å². The molecule has 0 spiro atoms. The van der Waals surface area contributed by atoms with E-state index in [1.165, 1.54) is 0 Å². The van der Waals surface area contributed by atoms with E-state index in [2.05, 4.69) is 5.92 Å². The average Bonchev–Trinajstić information content (AvgIpc) is 2.30. The zero-order valence-electron chi connectivity index (χ0n) is 10.0. The number of rotatable bonds is 0. The smallest absolute Gasteiger partial charge is 0.0323 e. The Hall–Kier alpha value is -1.94. The summed E-state index contributed by atoms with van der Waals surface area (Å²) in [6, 6.07) is 9.83. The first-order chi connectivity index (χ1) is 7.72. The first kappa shape index (κ1) is 12.1. The van der Waals surface area contributed by atoms with Crippen molar-refractivity contribution < 1.29 is 0 Å². The van der Waals surface area contributed by atoms with Gasteiger partial charge in [-0.25, -0.2) is 0 Å². The molecule has 82 valence electrons. The maximum atomic E-state index is 5.76. The molecule has 0 heterocycles. The fourth-order valence-electron chi connectivity index (χ4n) is 1.79. The topological polar surface area (TPSA) is 26.0 Å². The molecular weight excluding hydrogens is 194 g/mol. The van der Waals surface area contributed by atoms with Crippen LogP contribution in [0.2, 0.25) is 0 Å². The van der Waals surface area contributed by atoms with Gasteiger partial charge in [0, 0.05) is 16.6 Å². The third-order valence-electron chi connectivity index (χ3n) is 2.35. The predicted octanol–water partition coefficient (Wildman–Crippen LogP) is 3.74. The van der Waals surface area contributed by atoms with Crippen molar-refractivity contribution in [3.8, 4) is 12.3 Å². The van der Waals surface area contributed by atoms with Gasteiger partial charge in [-0.1, -0.05) is 31.9 Å². The summed E-state index contributed by atoms with van der Waals surface area (Å²) in [6.45, 7) is 6.03. The number of hydrogen-bond donors (Lipinski definition) is 1. The van der Waals surface area contributed by atoms with Crippen molar-refractivity contribution in [2.24, 2.45) is 0 Å². The number of benzene rings is 2. The molecular formula is C15H17N. The van der Waals surface area contributed by atoms with Gasteiger partial charge in [0.1, 0.15) is 0 Å². The van der Waals surface area contributed by atoms with Crippen molar-refractivity contribution in [1.29, 1.82) is 0 Å². The molecule has 0 fully saturated rings. The van der Waals surface area contributed by atoms with Crippen LogP contribution in [-0.2, 0) is 0 Å². The predicted molar refractivity (Wildman–Crippen MR) is 72.4 cm³/mol. The highest BCUT2D eigenvalue weighted by Crippen LogP contribution is 2.24. The minimum atomic E-state index is 0.782. The molecule has 0 saturated carbocycles. The summed E-state index contributed by atoms with van der Waals surface area (Å²) in [5.41, 5.74) is 8.61. The summed E-state index contributed by atoms with van der Waals surface area (Å²) in [6.07, 6.45) is 5.44. The second-order valence-corrected chi connectivity index (χ2v) is 3.39. The van der Waals surface area contributed by atoms with Crippen LogP contribution in [0.25, 0.3) is 10.8 Å². The number of terminal acetylenes is 1. The van der Waals surface area contributed by atoms with E-state index in [0.717, 1.165) is 27.6 Å². The summed E-state index contributed by atoms with van der Waals surface area (Å²) in [4.78, 5) is 0. The van der Waals surface area contributed by atoms with Crippen molar-refractivity contribution in [2.45, 2.75) is 20.8 Å². The summed E-state index contributed by atoms with van der Waals surface area (Å²) in [7, 11) is 0. The van der Waals surface area contributed by atoms with E-state index in [4.69, 9.17) is 12.2 Å². The van der Waals surface area contributed by atoms with E-state index >= 15 is 0 Å². The van der Waals surface area contributed by atoms with Crippen molar-refractivity contribution >= 4 is 16.5 Å². The fourth-order valence-corrected chi connectivity index (χ4v) is 1.79. The lowest BCUT2D eigenvalue weighted by Crippen LogP contribution is -1.89. The van der Waals surface area contributed by atoms with Crippen LogP contribution in [0.15, 0.2) is 30.3 Å². The van der Waals surface area contributed by atoms with Gasteiger partial charge in [0.15, 0.2) is 0 Å². The standard InChI is InChI=1S/C13H11N.C2H6/c1-3-10-5-4-6-11-8-12(14)7-9(2)13(10)11;1-2/h1,4-8H,14H2,2H3;1-2H3. The molecule has 0 aliphatic carbocycles. The highest BCUT2D eigenvalue weighted by atomic mass is 14.5. The molecule has 0 aromatic heterocycles. The third-order valence-corrected chi connectivity index (χ3v) is 2.35. The van der Waals surface area contributed by atoms with Gasteiger partial charge in [-0.15, -0.1) is 6.42 Å². The molecule has 0 bridgehead atoms. The Morgan fingerprint density at radius 2 is 1.88 bits per heavy atom. The van der Waals surface area contributed by atoms with Crippen LogP contribution in [0, 0.1) is 19.3 Å². The first-order valence-electron chi connectivity index (χ1n) is 5.48. The molecule has 0 atom stereocenters. The normalized spacial score (nSPS) is 9.12. The molecule has 0 aliphatic rings. The Morgan fingerprint density at radius 3 is 2.50 bits per heavy atom. The highest BCUT2D eigenvalue weighted by molar-refractivity contribution is 5.93. The Kier molecular flexibility index (Phi) is 3.96. The summed E-state index contributed by atoms with van der Waals surface area (Å²) in [5.74, 6) is 2.69. The Labute approximate surface area is 97.3 Å². The summed E-state index contributed by atoms with van der Waals surface area (Å²) >= 11 is 0. The summed E-state index contributed by atoms with van der Waals surface area (Å²) < 4.78 is 0. The first-order valence-corrected chi connectivity index (χ1v) is 5.48. The van der Waals surface area contributed by atoms with E-state index in [9.17, 15) is 0 Å². The van der Waals surface area contributed by atoms with Crippen LogP contribution in [0.4, 0.5) is 5.69 Å². The second-order valence-electron chi connectivity index (χ2n) is 3.39. The van der Waals surface area contributed by atoms with Crippen LogP contribution in [0.1, 0.15) is 25.0 Å². The molecule has 0 amide bonds. The van der Waals surface area contributed by atoms with Crippen LogP contribution < -0.4 is 5.73 Å². The van der Waals surface area contributed by atoms with E-state index in [1.54, 1.807) is 0 Å². The molecule has 2 aromatic carbocycles. The van der Waals surface area contributed by atoms with Gasteiger partial charge in [-0.3, -0.25) is 0 Å². The molecule has 1 heteroatoms. The number of nitrogen functional groups attached to an aromatic ring is 1. The van der Waals surface area contributed by atoms with Crippen LogP contribution in [-0.4, -0.2) is 0 Å².